The summed E-state index contributed by atoms with van der Waals surface area (Å²) in [6, 6.07) is 10.0. The van der Waals surface area contributed by atoms with Crippen molar-refractivity contribution in [2.24, 2.45) is 7.05 Å². The van der Waals surface area contributed by atoms with Gasteiger partial charge in [0.25, 0.3) is 5.56 Å². The van der Waals surface area contributed by atoms with Gasteiger partial charge in [0.15, 0.2) is 5.65 Å². The fourth-order valence-electron chi connectivity index (χ4n) is 2.87. The van der Waals surface area contributed by atoms with Gasteiger partial charge in [-0.05, 0) is 19.7 Å². The van der Waals surface area contributed by atoms with Crippen molar-refractivity contribution in [2.75, 3.05) is 20.6 Å². The molecule has 0 aliphatic rings. The minimum Gasteiger partial charge on any atom is -0.353 e. The molecule has 0 saturated heterocycles. The van der Waals surface area contributed by atoms with E-state index in [0.717, 1.165) is 5.56 Å². The highest BCUT2D eigenvalue weighted by Gasteiger charge is 2.16. The monoisotopic (exact) mass is 354 g/mol. The largest absolute Gasteiger partial charge is 0.353 e. The van der Waals surface area contributed by atoms with Gasteiger partial charge in [-0.3, -0.25) is 18.8 Å². The summed E-state index contributed by atoms with van der Waals surface area (Å²) < 4.78 is 2.83. The number of likely N-dealkylation sites (N-methyl/N-ethyl adjacent to an activating group) is 1. The Balaban J connectivity index is 1.69. The van der Waals surface area contributed by atoms with Crippen molar-refractivity contribution in [1.82, 2.24) is 29.5 Å². The molecule has 1 amide bonds. The highest BCUT2D eigenvalue weighted by atomic mass is 16.2. The Labute approximate surface area is 151 Å². The summed E-state index contributed by atoms with van der Waals surface area (Å²) in [6.07, 6.45) is 2.85. The standard InChI is InChI=1S/C18H22N6O2/c1-22(2)15(13-7-5-4-6-8-13)10-19-16(25)11-24-12-20-17-14(18(24)26)9-21-23(17)3/h4-9,12,15H,10-11H2,1-3H3,(H,19,25). The number of hydrogen-bond acceptors (Lipinski definition) is 5. The lowest BCUT2D eigenvalue weighted by Gasteiger charge is -2.25. The molecule has 1 unspecified atom stereocenters. The van der Waals surface area contributed by atoms with Gasteiger partial charge < -0.3 is 10.2 Å². The summed E-state index contributed by atoms with van der Waals surface area (Å²) in [5.41, 5.74) is 1.35. The van der Waals surface area contributed by atoms with Crippen LogP contribution in [0.5, 0.6) is 0 Å². The zero-order valence-corrected chi connectivity index (χ0v) is 15.1. The van der Waals surface area contributed by atoms with E-state index < -0.39 is 0 Å². The molecule has 1 N–H and O–H groups in total. The maximum atomic E-state index is 12.4. The lowest BCUT2D eigenvalue weighted by atomic mass is 10.1. The maximum absolute atomic E-state index is 12.4. The predicted molar refractivity (Wildman–Crippen MR) is 98.6 cm³/mol. The van der Waals surface area contributed by atoms with E-state index in [1.54, 1.807) is 7.05 Å². The van der Waals surface area contributed by atoms with Gasteiger partial charge in [0.2, 0.25) is 5.91 Å². The average molecular weight is 354 g/mol. The second kappa shape index (κ2) is 7.49. The zero-order valence-electron chi connectivity index (χ0n) is 15.1. The molecule has 2 heterocycles. The van der Waals surface area contributed by atoms with Crippen molar-refractivity contribution in [3.8, 4) is 0 Å². The Bertz CT molecular complexity index is 961. The van der Waals surface area contributed by atoms with Gasteiger partial charge in [0, 0.05) is 13.6 Å². The minimum atomic E-state index is -0.273. The summed E-state index contributed by atoms with van der Waals surface area (Å²) in [7, 11) is 5.65. The molecule has 1 atom stereocenters. The molecular formula is C18H22N6O2. The first-order valence-corrected chi connectivity index (χ1v) is 8.32. The van der Waals surface area contributed by atoms with Crippen LogP contribution in [0.2, 0.25) is 0 Å². The highest BCUT2D eigenvalue weighted by molar-refractivity contribution is 5.77. The van der Waals surface area contributed by atoms with Crippen molar-refractivity contribution in [1.29, 1.82) is 0 Å². The molecule has 0 bridgehead atoms. The van der Waals surface area contributed by atoms with Crippen LogP contribution < -0.4 is 10.9 Å². The molecular weight excluding hydrogens is 332 g/mol. The number of hydrogen-bond donors (Lipinski definition) is 1. The Morgan fingerprint density at radius 3 is 2.69 bits per heavy atom. The van der Waals surface area contributed by atoms with Gasteiger partial charge in [-0.2, -0.15) is 5.10 Å². The fourth-order valence-corrected chi connectivity index (χ4v) is 2.87. The van der Waals surface area contributed by atoms with Crippen molar-refractivity contribution in [3.05, 3.63) is 58.8 Å². The second-order valence-corrected chi connectivity index (χ2v) is 6.38. The minimum absolute atomic E-state index is 0.0517. The van der Waals surface area contributed by atoms with Crippen molar-refractivity contribution >= 4 is 16.9 Å². The van der Waals surface area contributed by atoms with Crippen LogP contribution in [0.3, 0.4) is 0 Å². The molecule has 2 aromatic heterocycles. The smallest absolute Gasteiger partial charge is 0.264 e. The van der Waals surface area contributed by atoms with Crippen molar-refractivity contribution in [3.63, 3.8) is 0 Å². The lowest BCUT2D eigenvalue weighted by Crippen LogP contribution is -2.37. The third-order valence-corrected chi connectivity index (χ3v) is 4.33. The number of carbonyl (C=O) groups is 1. The van der Waals surface area contributed by atoms with E-state index in [2.05, 4.69) is 15.4 Å². The highest BCUT2D eigenvalue weighted by Crippen LogP contribution is 2.16. The van der Waals surface area contributed by atoms with E-state index in [-0.39, 0.29) is 24.1 Å². The number of nitrogens with zero attached hydrogens (tertiary/aromatic N) is 5. The third-order valence-electron chi connectivity index (χ3n) is 4.33. The predicted octanol–water partition coefficient (Wildman–Crippen LogP) is 0.549. The van der Waals surface area contributed by atoms with Gasteiger partial charge in [0.1, 0.15) is 18.3 Å². The van der Waals surface area contributed by atoms with E-state index >= 15 is 0 Å². The molecule has 0 radical (unpaired) electrons. The van der Waals surface area contributed by atoms with Gasteiger partial charge in [-0.1, -0.05) is 30.3 Å². The molecule has 136 valence electrons. The Hall–Kier alpha value is -3.00. The van der Waals surface area contributed by atoms with Gasteiger partial charge in [0.05, 0.1) is 12.2 Å². The van der Waals surface area contributed by atoms with Crippen LogP contribution in [0.15, 0.2) is 47.7 Å². The normalized spacial score (nSPS) is 12.5. The number of rotatable bonds is 6. The molecule has 0 aliphatic heterocycles. The SMILES string of the molecule is CN(C)C(CNC(=O)Cn1cnc2c(cnn2C)c1=O)c1ccccc1. The van der Waals surface area contributed by atoms with E-state index in [0.29, 0.717) is 17.6 Å². The molecule has 8 heteroatoms. The quantitative estimate of drug-likeness (QED) is 0.699. The van der Waals surface area contributed by atoms with Gasteiger partial charge in [-0.15, -0.1) is 0 Å². The number of amides is 1. The maximum Gasteiger partial charge on any atom is 0.264 e. The lowest BCUT2D eigenvalue weighted by molar-refractivity contribution is -0.121. The Morgan fingerprint density at radius 1 is 1.27 bits per heavy atom. The van der Waals surface area contributed by atoms with Crippen LogP contribution in [0.1, 0.15) is 11.6 Å². The van der Waals surface area contributed by atoms with Crippen LogP contribution in [-0.4, -0.2) is 50.8 Å². The van der Waals surface area contributed by atoms with Gasteiger partial charge >= 0.3 is 0 Å². The Kier molecular flexibility index (Phi) is 5.13. The van der Waals surface area contributed by atoms with Crippen LogP contribution in [0.4, 0.5) is 0 Å². The number of fused-ring (bicyclic) bond motifs is 1. The summed E-state index contributed by atoms with van der Waals surface area (Å²) in [5.74, 6) is -0.236. The van der Waals surface area contributed by atoms with E-state index in [4.69, 9.17) is 0 Å². The molecule has 8 nitrogen and oxygen atoms in total. The summed E-state index contributed by atoms with van der Waals surface area (Å²) >= 11 is 0. The molecule has 0 aliphatic carbocycles. The summed E-state index contributed by atoms with van der Waals surface area (Å²) in [6.45, 7) is 0.374. The molecule has 0 fully saturated rings. The van der Waals surface area contributed by atoms with E-state index in [1.165, 1.54) is 21.8 Å². The van der Waals surface area contributed by atoms with Crippen LogP contribution in [-0.2, 0) is 18.4 Å². The molecule has 0 spiro atoms. The number of aromatic nitrogens is 4. The van der Waals surface area contributed by atoms with Crippen molar-refractivity contribution < 1.29 is 4.79 Å². The first-order chi connectivity index (χ1) is 12.5. The van der Waals surface area contributed by atoms with Crippen LogP contribution in [0.25, 0.3) is 11.0 Å². The Morgan fingerprint density at radius 2 is 2.00 bits per heavy atom. The molecule has 0 saturated carbocycles. The summed E-state index contributed by atoms with van der Waals surface area (Å²) in [4.78, 5) is 31.0. The number of benzene rings is 1. The second-order valence-electron chi connectivity index (χ2n) is 6.38. The number of aryl methyl sites for hydroxylation is 1. The van der Waals surface area contributed by atoms with Crippen LogP contribution in [0, 0.1) is 0 Å². The first kappa shape index (κ1) is 17.8. The number of nitrogens with one attached hydrogen (secondary N) is 1. The van der Waals surface area contributed by atoms with E-state index in [1.807, 2.05) is 49.3 Å². The fraction of sp³-hybridized carbons (Fsp3) is 0.333. The zero-order chi connectivity index (χ0) is 18.7. The average Bonchev–Trinajstić information content (AvgIpc) is 3.00. The molecule has 26 heavy (non-hydrogen) atoms. The topological polar surface area (TPSA) is 85.1 Å². The molecule has 1 aromatic carbocycles. The van der Waals surface area contributed by atoms with Crippen LogP contribution >= 0.6 is 0 Å². The number of carbonyl (C=O) groups excluding carboxylic acids is 1. The summed E-state index contributed by atoms with van der Waals surface area (Å²) in [5, 5.41) is 7.33. The third kappa shape index (κ3) is 3.65. The van der Waals surface area contributed by atoms with Crippen molar-refractivity contribution in [2.45, 2.75) is 12.6 Å². The van der Waals surface area contributed by atoms with E-state index in [9.17, 15) is 9.59 Å². The molecule has 3 rings (SSSR count). The first-order valence-electron chi connectivity index (χ1n) is 8.32. The molecule has 3 aromatic rings. The van der Waals surface area contributed by atoms with Gasteiger partial charge in [-0.25, -0.2) is 4.98 Å².